The monoisotopic (exact) mass is 269 g/mol. The number of aromatic nitrogens is 1. The molecule has 0 radical (unpaired) electrons. The van der Waals surface area contributed by atoms with Gasteiger partial charge < -0.3 is 4.98 Å². The second-order valence-corrected chi connectivity index (χ2v) is 4.89. The Morgan fingerprint density at radius 2 is 1.74 bits per heavy atom. The van der Waals surface area contributed by atoms with Crippen LogP contribution in [0.2, 0.25) is 5.02 Å². The van der Waals surface area contributed by atoms with E-state index in [4.69, 9.17) is 11.6 Å². The van der Waals surface area contributed by atoms with E-state index in [9.17, 15) is 4.79 Å². The van der Waals surface area contributed by atoms with Gasteiger partial charge in [0.05, 0.1) is 0 Å². The lowest BCUT2D eigenvalue weighted by Gasteiger charge is -2.05. The number of halogens is 1. The second kappa shape index (κ2) is 4.90. The van der Waals surface area contributed by atoms with Crippen molar-refractivity contribution >= 4 is 22.4 Å². The molecule has 0 saturated carbocycles. The molecule has 1 N–H and O–H groups in total. The highest BCUT2D eigenvalue weighted by molar-refractivity contribution is 6.31. The van der Waals surface area contributed by atoms with Crippen LogP contribution in [0.15, 0.2) is 59.4 Å². The number of benzene rings is 2. The van der Waals surface area contributed by atoms with Crippen LogP contribution in [0, 0.1) is 0 Å². The zero-order chi connectivity index (χ0) is 13.2. The molecule has 1 aromatic heterocycles. The Morgan fingerprint density at radius 1 is 1.00 bits per heavy atom. The van der Waals surface area contributed by atoms with Crippen LogP contribution in [0.1, 0.15) is 11.3 Å². The Morgan fingerprint density at radius 3 is 2.58 bits per heavy atom. The molecule has 0 aliphatic carbocycles. The van der Waals surface area contributed by atoms with Gasteiger partial charge >= 0.3 is 0 Å². The van der Waals surface area contributed by atoms with Crippen LogP contribution in [0.4, 0.5) is 0 Å². The van der Waals surface area contributed by atoms with Gasteiger partial charge in [-0.25, -0.2) is 0 Å². The van der Waals surface area contributed by atoms with Gasteiger partial charge in [-0.3, -0.25) is 4.79 Å². The first-order valence-electron chi connectivity index (χ1n) is 6.08. The van der Waals surface area contributed by atoms with Gasteiger partial charge in [-0.1, -0.05) is 48.0 Å². The molecule has 3 aromatic rings. The Bertz CT molecular complexity index is 792. The molecule has 94 valence electrons. The fourth-order valence-electron chi connectivity index (χ4n) is 2.21. The van der Waals surface area contributed by atoms with Crippen LogP contribution in [0.25, 0.3) is 10.8 Å². The van der Waals surface area contributed by atoms with Crippen LogP contribution in [-0.2, 0) is 6.42 Å². The van der Waals surface area contributed by atoms with Crippen LogP contribution < -0.4 is 5.56 Å². The van der Waals surface area contributed by atoms with Crippen LogP contribution in [0.5, 0.6) is 0 Å². The van der Waals surface area contributed by atoms with Gasteiger partial charge in [0.2, 0.25) is 0 Å². The van der Waals surface area contributed by atoms with E-state index in [2.05, 4.69) is 4.98 Å². The summed E-state index contributed by atoms with van der Waals surface area (Å²) in [5.74, 6) is 0. The molecule has 0 fully saturated rings. The molecular weight excluding hydrogens is 258 g/mol. The topological polar surface area (TPSA) is 32.9 Å². The van der Waals surface area contributed by atoms with Gasteiger partial charge in [-0.05, 0) is 29.1 Å². The standard InChI is InChI=1S/C16H12ClNO/c17-15-8-4-2-6-12(15)10-13-9-11-5-1-3-7-14(11)16(19)18-13/h1-9H,10H2,(H,18,19). The molecule has 3 heteroatoms. The minimum Gasteiger partial charge on any atom is -0.325 e. The summed E-state index contributed by atoms with van der Waals surface area (Å²) in [7, 11) is 0. The van der Waals surface area contributed by atoms with Crippen molar-refractivity contribution in [3.05, 3.63) is 81.2 Å². The molecule has 19 heavy (non-hydrogen) atoms. The van der Waals surface area contributed by atoms with Crippen molar-refractivity contribution < 1.29 is 0 Å². The molecule has 0 atom stereocenters. The minimum atomic E-state index is -0.0554. The summed E-state index contributed by atoms with van der Waals surface area (Å²) < 4.78 is 0. The third kappa shape index (κ3) is 2.40. The molecule has 0 aliphatic heterocycles. The maximum Gasteiger partial charge on any atom is 0.256 e. The molecule has 0 saturated heterocycles. The lowest BCUT2D eigenvalue weighted by Crippen LogP contribution is -2.09. The molecule has 0 bridgehead atoms. The first-order valence-corrected chi connectivity index (χ1v) is 6.46. The minimum absolute atomic E-state index is 0.0554. The summed E-state index contributed by atoms with van der Waals surface area (Å²) >= 11 is 6.14. The molecule has 2 aromatic carbocycles. The van der Waals surface area contributed by atoms with Crippen LogP contribution >= 0.6 is 11.6 Å². The number of hydrogen-bond acceptors (Lipinski definition) is 1. The number of H-pyrrole nitrogens is 1. The number of rotatable bonds is 2. The molecule has 3 rings (SSSR count). The molecule has 1 heterocycles. The van der Waals surface area contributed by atoms with Gasteiger partial charge in [0.25, 0.3) is 5.56 Å². The molecule has 0 amide bonds. The lowest BCUT2D eigenvalue weighted by atomic mass is 10.1. The van der Waals surface area contributed by atoms with E-state index >= 15 is 0 Å². The van der Waals surface area contributed by atoms with Crippen molar-refractivity contribution in [3.8, 4) is 0 Å². The highest BCUT2D eigenvalue weighted by atomic mass is 35.5. The van der Waals surface area contributed by atoms with Gasteiger partial charge in [-0.2, -0.15) is 0 Å². The summed E-state index contributed by atoms with van der Waals surface area (Å²) in [5, 5.41) is 2.38. The average molecular weight is 270 g/mol. The quantitative estimate of drug-likeness (QED) is 0.755. The smallest absolute Gasteiger partial charge is 0.256 e. The van der Waals surface area contributed by atoms with Crippen LogP contribution in [0.3, 0.4) is 0 Å². The molecular formula is C16H12ClNO. The SMILES string of the molecule is O=c1[nH]c(Cc2ccccc2Cl)cc2ccccc12. The number of fused-ring (bicyclic) bond motifs is 1. The first-order chi connectivity index (χ1) is 9.24. The third-order valence-corrected chi connectivity index (χ3v) is 3.52. The third-order valence-electron chi connectivity index (χ3n) is 3.15. The van der Waals surface area contributed by atoms with Crippen molar-refractivity contribution in [1.29, 1.82) is 0 Å². The van der Waals surface area contributed by atoms with E-state index in [1.54, 1.807) is 0 Å². The van der Waals surface area contributed by atoms with Crippen molar-refractivity contribution in [1.82, 2.24) is 4.98 Å². The van der Waals surface area contributed by atoms with E-state index < -0.39 is 0 Å². The van der Waals surface area contributed by atoms with Gasteiger partial charge in [0.1, 0.15) is 0 Å². The van der Waals surface area contributed by atoms with E-state index in [-0.39, 0.29) is 5.56 Å². The summed E-state index contributed by atoms with van der Waals surface area (Å²) in [6.45, 7) is 0. The summed E-state index contributed by atoms with van der Waals surface area (Å²) in [6.07, 6.45) is 0.625. The molecule has 0 spiro atoms. The Balaban J connectivity index is 2.07. The average Bonchev–Trinajstić information content (AvgIpc) is 2.42. The zero-order valence-corrected chi connectivity index (χ0v) is 10.9. The summed E-state index contributed by atoms with van der Waals surface area (Å²) in [4.78, 5) is 14.9. The normalized spacial score (nSPS) is 10.8. The largest absolute Gasteiger partial charge is 0.325 e. The van der Waals surface area contributed by atoms with Crippen molar-refractivity contribution in [2.24, 2.45) is 0 Å². The first kappa shape index (κ1) is 12.0. The predicted molar refractivity (Wildman–Crippen MR) is 78.8 cm³/mol. The molecule has 0 aliphatic rings. The van der Waals surface area contributed by atoms with Gasteiger partial charge in [-0.15, -0.1) is 0 Å². The number of hydrogen-bond donors (Lipinski definition) is 1. The highest BCUT2D eigenvalue weighted by Crippen LogP contribution is 2.19. The number of nitrogens with one attached hydrogen (secondary N) is 1. The Kier molecular flexibility index (Phi) is 3.10. The lowest BCUT2D eigenvalue weighted by molar-refractivity contribution is 1.06. The van der Waals surface area contributed by atoms with Crippen molar-refractivity contribution in [2.75, 3.05) is 0 Å². The summed E-state index contributed by atoms with van der Waals surface area (Å²) in [5.41, 5.74) is 1.83. The fourth-order valence-corrected chi connectivity index (χ4v) is 2.41. The Hall–Kier alpha value is -2.06. The van der Waals surface area contributed by atoms with E-state index in [0.717, 1.165) is 21.7 Å². The second-order valence-electron chi connectivity index (χ2n) is 4.48. The summed E-state index contributed by atoms with van der Waals surface area (Å²) in [6, 6.07) is 17.2. The van der Waals surface area contributed by atoms with Gasteiger partial charge in [0.15, 0.2) is 0 Å². The highest BCUT2D eigenvalue weighted by Gasteiger charge is 2.04. The number of aromatic amines is 1. The maximum absolute atomic E-state index is 12.0. The fraction of sp³-hybridized carbons (Fsp3) is 0.0625. The van der Waals surface area contributed by atoms with E-state index in [1.807, 2.05) is 54.6 Å². The maximum atomic E-state index is 12.0. The van der Waals surface area contributed by atoms with Gasteiger partial charge in [0, 0.05) is 22.5 Å². The number of pyridine rings is 1. The zero-order valence-electron chi connectivity index (χ0n) is 10.2. The van der Waals surface area contributed by atoms with Crippen LogP contribution in [-0.4, -0.2) is 4.98 Å². The van der Waals surface area contributed by atoms with Crippen molar-refractivity contribution in [2.45, 2.75) is 6.42 Å². The molecule has 2 nitrogen and oxygen atoms in total. The van der Waals surface area contributed by atoms with E-state index in [0.29, 0.717) is 11.8 Å². The van der Waals surface area contributed by atoms with Crippen molar-refractivity contribution in [3.63, 3.8) is 0 Å². The predicted octanol–water partition coefficient (Wildman–Crippen LogP) is 3.77. The molecule has 0 unspecified atom stereocenters. The Labute approximate surface area is 115 Å². The van der Waals surface area contributed by atoms with E-state index in [1.165, 1.54) is 0 Å².